The molecule has 118 valence electrons. The highest BCUT2D eigenvalue weighted by Crippen LogP contribution is 2.38. The van der Waals surface area contributed by atoms with Gasteiger partial charge in [0.2, 0.25) is 0 Å². The molecule has 1 fully saturated rings. The van der Waals surface area contributed by atoms with Gasteiger partial charge in [-0.3, -0.25) is 0 Å². The lowest BCUT2D eigenvalue weighted by atomic mass is 9.84. The number of halogens is 5. The Hall–Kier alpha value is -1.17. The molecule has 1 N–H and O–H groups in total. The summed E-state index contributed by atoms with van der Waals surface area (Å²) in [7, 11) is 0. The van der Waals surface area contributed by atoms with Crippen molar-refractivity contribution in [1.82, 2.24) is 5.32 Å². The van der Waals surface area contributed by atoms with Gasteiger partial charge in [-0.15, -0.1) is 0 Å². The van der Waals surface area contributed by atoms with Crippen molar-refractivity contribution in [1.29, 1.82) is 0 Å². The van der Waals surface area contributed by atoms with Gasteiger partial charge in [0.25, 0.3) is 0 Å². The van der Waals surface area contributed by atoms with Crippen LogP contribution in [0.3, 0.4) is 0 Å². The molecule has 0 spiro atoms. The average molecular weight is 307 g/mol. The Morgan fingerprint density at radius 2 is 1.90 bits per heavy atom. The summed E-state index contributed by atoms with van der Waals surface area (Å²) >= 11 is 0. The van der Waals surface area contributed by atoms with Crippen molar-refractivity contribution in [3.8, 4) is 0 Å². The second-order valence-electron chi connectivity index (χ2n) is 5.66. The zero-order valence-electron chi connectivity index (χ0n) is 11.7. The van der Waals surface area contributed by atoms with Crippen LogP contribution in [0.5, 0.6) is 0 Å². The second kappa shape index (κ2) is 6.30. The van der Waals surface area contributed by atoms with Crippen molar-refractivity contribution in [2.45, 2.75) is 50.9 Å². The number of benzene rings is 1. The molecule has 2 rings (SSSR count). The summed E-state index contributed by atoms with van der Waals surface area (Å²) in [5.41, 5.74) is 0.143. The van der Waals surface area contributed by atoms with E-state index in [-0.39, 0.29) is 24.4 Å². The van der Waals surface area contributed by atoms with Crippen molar-refractivity contribution in [2.24, 2.45) is 5.92 Å². The van der Waals surface area contributed by atoms with Gasteiger partial charge in [0.05, 0.1) is 5.92 Å². The van der Waals surface area contributed by atoms with E-state index in [1.165, 1.54) is 0 Å². The number of alkyl halides is 3. The lowest BCUT2D eigenvalue weighted by Crippen LogP contribution is -2.40. The van der Waals surface area contributed by atoms with E-state index in [4.69, 9.17) is 0 Å². The van der Waals surface area contributed by atoms with Gasteiger partial charge in [-0.1, -0.05) is 6.42 Å². The SMILES string of the molecule is CC(NC1CCCC(C(F)(F)F)C1)c1cc(F)ccc1F. The Balaban J connectivity index is 2.02. The van der Waals surface area contributed by atoms with E-state index in [1.807, 2.05) is 0 Å². The summed E-state index contributed by atoms with van der Waals surface area (Å²) in [5.74, 6) is -2.43. The van der Waals surface area contributed by atoms with Crippen molar-refractivity contribution in [3.05, 3.63) is 35.4 Å². The first kappa shape index (κ1) is 16.2. The van der Waals surface area contributed by atoms with Crippen molar-refractivity contribution in [3.63, 3.8) is 0 Å². The first-order chi connectivity index (χ1) is 9.77. The molecule has 3 unspecified atom stereocenters. The maximum absolute atomic E-state index is 13.7. The normalized spacial score (nSPS) is 24.9. The molecule has 1 aliphatic rings. The summed E-state index contributed by atoms with van der Waals surface area (Å²) in [4.78, 5) is 0. The van der Waals surface area contributed by atoms with Gasteiger partial charge < -0.3 is 5.32 Å². The largest absolute Gasteiger partial charge is 0.391 e. The van der Waals surface area contributed by atoms with Crippen molar-refractivity contribution in [2.75, 3.05) is 0 Å². The minimum Gasteiger partial charge on any atom is -0.307 e. The molecule has 0 bridgehead atoms. The third kappa shape index (κ3) is 4.15. The van der Waals surface area contributed by atoms with Gasteiger partial charge in [-0.2, -0.15) is 13.2 Å². The van der Waals surface area contributed by atoms with Crippen LogP contribution in [0.25, 0.3) is 0 Å². The maximum atomic E-state index is 13.7. The number of hydrogen-bond acceptors (Lipinski definition) is 1. The van der Waals surface area contributed by atoms with Crippen LogP contribution in [0.2, 0.25) is 0 Å². The highest BCUT2D eigenvalue weighted by atomic mass is 19.4. The molecule has 0 saturated heterocycles. The van der Waals surface area contributed by atoms with Gasteiger partial charge in [-0.25, -0.2) is 8.78 Å². The molecule has 6 heteroatoms. The molecule has 1 aliphatic carbocycles. The van der Waals surface area contributed by atoms with E-state index in [0.717, 1.165) is 18.2 Å². The van der Waals surface area contributed by atoms with Gasteiger partial charge in [0.1, 0.15) is 11.6 Å². The molecule has 0 aliphatic heterocycles. The number of nitrogens with one attached hydrogen (secondary N) is 1. The summed E-state index contributed by atoms with van der Waals surface area (Å²) in [6.45, 7) is 1.63. The molecule has 0 radical (unpaired) electrons. The Kier molecular flexibility index (Phi) is 4.86. The van der Waals surface area contributed by atoms with Gasteiger partial charge in [0, 0.05) is 17.6 Å². The van der Waals surface area contributed by atoms with E-state index in [2.05, 4.69) is 5.32 Å². The molecular weight excluding hydrogens is 289 g/mol. The molecule has 0 amide bonds. The average Bonchev–Trinajstić information content (AvgIpc) is 2.41. The van der Waals surface area contributed by atoms with E-state index >= 15 is 0 Å². The fraction of sp³-hybridized carbons (Fsp3) is 0.600. The van der Waals surface area contributed by atoms with Crippen LogP contribution in [0.15, 0.2) is 18.2 Å². The lowest BCUT2D eigenvalue weighted by Gasteiger charge is -2.33. The topological polar surface area (TPSA) is 12.0 Å². The minimum absolute atomic E-state index is 0.00915. The zero-order valence-corrected chi connectivity index (χ0v) is 11.7. The predicted octanol–water partition coefficient (Wildman–Crippen LogP) is 4.74. The first-order valence-corrected chi connectivity index (χ1v) is 7.05. The van der Waals surface area contributed by atoms with E-state index in [9.17, 15) is 22.0 Å². The van der Waals surface area contributed by atoms with E-state index in [1.54, 1.807) is 6.92 Å². The molecule has 1 saturated carbocycles. The first-order valence-electron chi connectivity index (χ1n) is 7.05. The smallest absolute Gasteiger partial charge is 0.307 e. The highest BCUT2D eigenvalue weighted by molar-refractivity contribution is 5.22. The fourth-order valence-electron chi connectivity index (χ4n) is 2.93. The molecule has 0 aromatic heterocycles. The number of hydrogen-bond donors (Lipinski definition) is 1. The minimum atomic E-state index is -4.19. The summed E-state index contributed by atoms with van der Waals surface area (Å²) in [5, 5.41) is 3.00. The second-order valence-corrected chi connectivity index (χ2v) is 5.66. The molecule has 3 atom stereocenters. The van der Waals surface area contributed by atoms with Gasteiger partial charge in [-0.05, 0) is 44.4 Å². The summed E-state index contributed by atoms with van der Waals surface area (Å²) < 4.78 is 65.1. The quantitative estimate of drug-likeness (QED) is 0.796. The zero-order chi connectivity index (χ0) is 15.6. The molecule has 1 aromatic carbocycles. The van der Waals surface area contributed by atoms with Crippen molar-refractivity contribution >= 4 is 0 Å². The van der Waals surface area contributed by atoms with Crippen LogP contribution in [0.1, 0.15) is 44.2 Å². The van der Waals surface area contributed by atoms with Crippen LogP contribution < -0.4 is 5.32 Å². The third-order valence-electron chi connectivity index (χ3n) is 4.05. The Morgan fingerprint density at radius 3 is 2.57 bits per heavy atom. The summed E-state index contributed by atoms with van der Waals surface area (Å²) in [6.07, 6.45) is -2.95. The Labute approximate surface area is 120 Å². The fourth-order valence-corrected chi connectivity index (χ4v) is 2.93. The van der Waals surface area contributed by atoms with Crippen LogP contribution in [0.4, 0.5) is 22.0 Å². The standard InChI is InChI=1S/C15H18F5N/c1-9(13-8-11(16)5-6-14(13)17)21-12-4-2-3-10(7-12)15(18,19)20/h5-6,8-10,12,21H,2-4,7H2,1H3. The summed E-state index contributed by atoms with van der Waals surface area (Å²) in [6, 6.07) is 2.27. The van der Waals surface area contributed by atoms with E-state index in [0.29, 0.717) is 12.8 Å². The monoisotopic (exact) mass is 307 g/mol. The molecule has 0 heterocycles. The molecule has 21 heavy (non-hydrogen) atoms. The number of rotatable bonds is 3. The van der Waals surface area contributed by atoms with Crippen LogP contribution in [-0.4, -0.2) is 12.2 Å². The van der Waals surface area contributed by atoms with E-state index < -0.39 is 29.8 Å². The lowest BCUT2D eigenvalue weighted by molar-refractivity contribution is -0.183. The Bertz CT molecular complexity index is 485. The maximum Gasteiger partial charge on any atom is 0.391 e. The highest BCUT2D eigenvalue weighted by Gasteiger charge is 2.42. The van der Waals surface area contributed by atoms with Gasteiger partial charge >= 0.3 is 6.18 Å². The van der Waals surface area contributed by atoms with Crippen molar-refractivity contribution < 1.29 is 22.0 Å². The van der Waals surface area contributed by atoms with Crippen LogP contribution >= 0.6 is 0 Å². The molecule has 1 aromatic rings. The Morgan fingerprint density at radius 1 is 1.19 bits per heavy atom. The molecule has 1 nitrogen and oxygen atoms in total. The predicted molar refractivity (Wildman–Crippen MR) is 69.7 cm³/mol. The third-order valence-corrected chi connectivity index (χ3v) is 4.05. The van der Waals surface area contributed by atoms with Crippen LogP contribution in [0, 0.1) is 17.6 Å². The van der Waals surface area contributed by atoms with Gasteiger partial charge in [0.15, 0.2) is 0 Å². The molecular formula is C15H18F5N. The van der Waals surface area contributed by atoms with Crippen LogP contribution in [-0.2, 0) is 0 Å².